The van der Waals surface area contributed by atoms with Crippen LogP contribution in [0.3, 0.4) is 0 Å². The Labute approximate surface area is 130 Å². The van der Waals surface area contributed by atoms with Crippen molar-refractivity contribution < 1.29 is 0 Å². The molecule has 0 saturated heterocycles. The van der Waals surface area contributed by atoms with Gasteiger partial charge in [-0.2, -0.15) is 10.2 Å². The van der Waals surface area contributed by atoms with Crippen molar-refractivity contribution in [3.8, 4) is 0 Å². The first-order valence-corrected chi connectivity index (χ1v) is 7.59. The van der Waals surface area contributed by atoms with E-state index in [1.165, 1.54) is 16.8 Å². The van der Waals surface area contributed by atoms with Crippen molar-refractivity contribution in [1.29, 1.82) is 0 Å². The molecule has 2 aromatic heterocycles. The summed E-state index contributed by atoms with van der Waals surface area (Å²) in [5.74, 6) is 0. The average Bonchev–Trinajstić information content (AvgIpc) is 2.86. The molecule has 120 valence electrons. The van der Waals surface area contributed by atoms with E-state index in [2.05, 4.69) is 44.8 Å². The zero-order valence-electron chi connectivity index (χ0n) is 15.4. The van der Waals surface area contributed by atoms with Gasteiger partial charge in [0.15, 0.2) is 0 Å². The Morgan fingerprint density at radius 3 is 1.67 bits per heavy atom. The molecule has 0 aromatic carbocycles. The highest BCUT2D eigenvalue weighted by molar-refractivity contribution is 5.23. The minimum atomic E-state index is 0.221. The van der Waals surface area contributed by atoms with Crippen LogP contribution in [0.2, 0.25) is 0 Å². The lowest BCUT2D eigenvalue weighted by Gasteiger charge is -2.17. The third kappa shape index (κ3) is 5.74. The third-order valence-corrected chi connectivity index (χ3v) is 3.30. The van der Waals surface area contributed by atoms with Gasteiger partial charge in [0.05, 0.1) is 11.9 Å². The van der Waals surface area contributed by atoms with E-state index in [4.69, 9.17) is 0 Å². The van der Waals surface area contributed by atoms with Crippen LogP contribution in [0.5, 0.6) is 0 Å². The highest BCUT2D eigenvalue weighted by Crippen LogP contribution is 2.24. The van der Waals surface area contributed by atoms with E-state index < -0.39 is 0 Å². The monoisotopic (exact) mass is 292 g/mol. The molecule has 0 amide bonds. The molecule has 0 atom stereocenters. The predicted molar refractivity (Wildman–Crippen MR) is 90.7 cm³/mol. The van der Waals surface area contributed by atoms with Crippen LogP contribution in [0.25, 0.3) is 0 Å². The van der Waals surface area contributed by atoms with E-state index in [9.17, 15) is 0 Å². The molecule has 2 rings (SSSR count). The minimum absolute atomic E-state index is 0.221. The molecule has 0 fully saturated rings. The van der Waals surface area contributed by atoms with Gasteiger partial charge in [-0.05, 0) is 37.3 Å². The average molecular weight is 292 g/mol. The maximum Gasteiger partial charge on any atom is 0.0622 e. The van der Waals surface area contributed by atoms with Crippen LogP contribution >= 0.6 is 0 Å². The Hall–Kier alpha value is -1.58. The van der Waals surface area contributed by atoms with Crippen molar-refractivity contribution in [3.05, 3.63) is 34.9 Å². The summed E-state index contributed by atoms with van der Waals surface area (Å²) in [6, 6.07) is 0. The normalized spacial score (nSPS) is 10.4. The maximum atomic E-state index is 4.20. The molecule has 2 heterocycles. The Balaban J connectivity index is 0.000000354. The second kappa shape index (κ2) is 8.01. The minimum Gasteiger partial charge on any atom is -0.275 e. The van der Waals surface area contributed by atoms with Crippen molar-refractivity contribution in [2.75, 3.05) is 0 Å². The highest BCUT2D eigenvalue weighted by Gasteiger charge is 2.18. The Kier molecular flexibility index (Phi) is 7.41. The van der Waals surface area contributed by atoms with E-state index in [0.29, 0.717) is 0 Å². The second-order valence-electron chi connectivity index (χ2n) is 6.09. The lowest BCUT2D eigenvalue weighted by atomic mass is 9.88. The Morgan fingerprint density at radius 1 is 1.00 bits per heavy atom. The van der Waals surface area contributed by atoms with Gasteiger partial charge >= 0.3 is 0 Å². The molecule has 0 aliphatic carbocycles. The molecule has 0 aliphatic rings. The molecular formula is C17H32N4. The quantitative estimate of drug-likeness (QED) is 0.733. The van der Waals surface area contributed by atoms with Gasteiger partial charge in [0.2, 0.25) is 0 Å². The van der Waals surface area contributed by atoms with E-state index in [0.717, 1.165) is 5.69 Å². The number of hydrogen-bond acceptors (Lipinski definition) is 2. The first-order valence-electron chi connectivity index (χ1n) is 7.59. The van der Waals surface area contributed by atoms with E-state index in [-0.39, 0.29) is 5.41 Å². The van der Waals surface area contributed by atoms with Gasteiger partial charge in [-0.25, -0.2) is 0 Å². The van der Waals surface area contributed by atoms with Gasteiger partial charge in [-0.3, -0.25) is 9.36 Å². The van der Waals surface area contributed by atoms with Gasteiger partial charge in [-0.1, -0.05) is 34.6 Å². The number of rotatable bonds is 0. The second-order valence-corrected chi connectivity index (χ2v) is 6.09. The lowest BCUT2D eigenvalue weighted by molar-refractivity contribution is 0.583. The summed E-state index contributed by atoms with van der Waals surface area (Å²) in [6.07, 6.45) is 3.96. The molecule has 0 N–H and O–H groups in total. The zero-order valence-corrected chi connectivity index (χ0v) is 15.4. The van der Waals surface area contributed by atoms with Crippen molar-refractivity contribution in [3.63, 3.8) is 0 Å². The third-order valence-electron chi connectivity index (χ3n) is 3.30. The molecular weight excluding hydrogens is 260 g/mol. The van der Waals surface area contributed by atoms with E-state index in [1.807, 2.05) is 56.6 Å². The predicted octanol–water partition coefficient (Wildman–Crippen LogP) is 4.09. The van der Waals surface area contributed by atoms with Crippen LogP contribution in [-0.4, -0.2) is 19.6 Å². The van der Waals surface area contributed by atoms with E-state index >= 15 is 0 Å². The molecule has 0 bridgehead atoms. The van der Waals surface area contributed by atoms with Gasteiger partial charge in [0.1, 0.15) is 0 Å². The van der Waals surface area contributed by atoms with Crippen molar-refractivity contribution >= 4 is 0 Å². The molecule has 0 radical (unpaired) electrons. The largest absolute Gasteiger partial charge is 0.275 e. The van der Waals surface area contributed by atoms with Crippen molar-refractivity contribution in [1.82, 2.24) is 19.6 Å². The first-order chi connectivity index (χ1) is 9.62. The zero-order chi connectivity index (χ0) is 16.8. The molecule has 0 aliphatic heterocycles. The van der Waals surface area contributed by atoms with Gasteiger partial charge < -0.3 is 0 Å². The standard InChI is InChI=1S/C9H16N2.C6H10N2.C2H6/c1-7-8(9(2,3)4)6-10-11(7)5;1-5-4-8(3)7-6(5)2;1-2/h6H,1-5H3;4H,1-3H3;1-2H3. The fraction of sp³-hybridized carbons (Fsp3) is 0.647. The Bertz CT molecular complexity index is 522. The van der Waals surface area contributed by atoms with Crippen LogP contribution < -0.4 is 0 Å². The summed E-state index contributed by atoms with van der Waals surface area (Å²) in [7, 11) is 3.91. The van der Waals surface area contributed by atoms with Crippen LogP contribution in [0.1, 0.15) is 57.1 Å². The summed E-state index contributed by atoms with van der Waals surface area (Å²) in [5.41, 5.74) is 5.19. The number of nitrogens with zero attached hydrogens (tertiary/aromatic N) is 4. The van der Waals surface area contributed by atoms with Crippen molar-refractivity contribution in [2.45, 2.75) is 60.8 Å². The SMILES string of the molecule is CC.Cc1c(C(C)(C)C)cnn1C.Cc1cn(C)nc1C. The maximum absolute atomic E-state index is 4.20. The number of hydrogen-bond donors (Lipinski definition) is 0. The molecule has 0 unspecified atom stereocenters. The van der Waals surface area contributed by atoms with Crippen LogP contribution in [0.4, 0.5) is 0 Å². The number of aryl methyl sites for hydroxylation is 4. The molecule has 0 saturated carbocycles. The van der Waals surface area contributed by atoms with Gasteiger partial charge in [0.25, 0.3) is 0 Å². The van der Waals surface area contributed by atoms with Crippen LogP contribution in [-0.2, 0) is 19.5 Å². The molecule has 2 aromatic rings. The van der Waals surface area contributed by atoms with Crippen LogP contribution in [0.15, 0.2) is 12.4 Å². The van der Waals surface area contributed by atoms with Gasteiger partial charge in [-0.15, -0.1) is 0 Å². The smallest absolute Gasteiger partial charge is 0.0622 e. The molecule has 0 spiro atoms. The molecule has 4 heteroatoms. The summed E-state index contributed by atoms with van der Waals surface area (Å²) in [4.78, 5) is 0. The fourth-order valence-electron chi connectivity index (χ4n) is 1.95. The molecule has 21 heavy (non-hydrogen) atoms. The van der Waals surface area contributed by atoms with Gasteiger partial charge in [0, 0.05) is 26.0 Å². The lowest BCUT2D eigenvalue weighted by Crippen LogP contribution is -2.12. The summed E-state index contributed by atoms with van der Waals surface area (Å²) >= 11 is 0. The summed E-state index contributed by atoms with van der Waals surface area (Å²) < 4.78 is 3.74. The molecule has 4 nitrogen and oxygen atoms in total. The van der Waals surface area contributed by atoms with Crippen LogP contribution in [0, 0.1) is 20.8 Å². The number of aromatic nitrogens is 4. The van der Waals surface area contributed by atoms with E-state index in [1.54, 1.807) is 0 Å². The van der Waals surface area contributed by atoms with Crippen molar-refractivity contribution in [2.24, 2.45) is 14.1 Å². The highest BCUT2D eigenvalue weighted by atomic mass is 15.3. The summed E-state index contributed by atoms with van der Waals surface area (Å²) in [5, 5.41) is 8.33. The topological polar surface area (TPSA) is 35.6 Å². The first kappa shape index (κ1) is 19.4. The summed E-state index contributed by atoms with van der Waals surface area (Å²) in [6.45, 7) is 16.8. The fourth-order valence-corrected chi connectivity index (χ4v) is 1.95. The Morgan fingerprint density at radius 2 is 1.52 bits per heavy atom.